The molecule has 0 unspecified atom stereocenters. The molecule has 5 nitrogen and oxygen atoms in total. The number of hydrogen-bond acceptors (Lipinski definition) is 4. The van der Waals surface area contributed by atoms with Crippen molar-refractivity contribution in [1.82, 2.24) is 14.5 Å². The molecule has 2 N–H and O–H groups in total. The number of hydrogen-bond donors (Lipinski definition) is 1. The van der Waals surface area contributed by atoms with Gasteiger partial charge in [-0.25, -0.2) is 4.98 Å². The summed E-state index contributed by atoms with van der Waals surface area (Å²) in [5.41, 5.74) is 8.36. The SMILES string of the molecule is COc1ccc2nc(N)n(-c3ccc(I)cc3)c2n1. The minimum atomic E-state index is 0.414. The molecule has 3 rings (SSSR count). The van der Waals surface area contributed by atoms with Crippen LogP contribution in [0.15, 0.2) is 36.4 Å². The number of nitrogens with two attached hydrogens (primary N) is 1. The molecule has 0 aliphatic carbocycles. The Labute approximate surface area is 123 Å². The first-order valence-electron chi connectivity index (χ1n) is 5.64. The van der Waals surface area contributed by atoms with Crippen molar-refractivity contribution in [3.63, 3.8) is 0 Å². The summed E-state index contributed by atoms with van der Waals surface area (Å²) in [6.45, 7) is 0. The van der Waals surface area contributed by atoms with Crippen molar-refractivity contribution in [2.24, 2.45) is 0 Å². The van der Waals surface area contributed by atoms with Gasteiger partial charge in [0.25, 0.3) is 0 Å². The van der Waals surface area contributed by atoms with E-state index in [-0.39, 0.29) is 0 Å². The van der Waals surface area contributed by atoms with E-state index in [0.717, 1.165) is 14.8 Å². The smallest absolute Gasteiger partial charge is 0.215 e. The summed E-state index contributed by atoms with van der Waals surface area (Å²) < 4.78 is 8.12. The van der Waals surface area contributed by atoms with Gasteiger partial charge in [0, 0.05) is 9.64 Å². The molecular weight excluding hydrogens is 355 g/mol. The summed E-state index contributed by atoms with van der Waals surface area (Å²) in [5.74, 6) is 0.955. The zero-order valence-corrected chi connectivity index (χ0v) is 12.3. The van der Waals surface area contributed by atoms with Crippen LogP contribution < -0.4 is 10.5 Å². The van der Waals surface area contributed by atoms with Crippen LogP contribution in [0.3, 0.4) is 0 Å². The lowest BCUT2D eigenvalue weighted by Crippen LogP contribution is -2.01. The largest absolute Gasteiger partial charge is 0.481 e. The first-order valence-corrected chi connectivity index (χ1v) is 6.72. The Kier molecular flexibility index (Phi) is 3.02. The highest BCUT2D eigenvalue weighted by molar-refractivity contribution is 14.1. The average Bonchev–Trinajstić information content (AvgIpc) is 2.75. The maximum absolute atomic E-state index is 5.98. The quantitative estimate of drug-likeness (QED) is 0.709. The van der Waals surface area contributed by atoms with Crippen molar-refractivity contribution in [2.75, 3.05) is 12.8 Å². The van der Waals surface area contributed by atoms with E-state index in [2.05, 4.69) is 32.6 Å². The van der Waals surface area contributed by atoms with Crippen LogP contribution in [0.25, 0.3) is 16.9 Å². The van der Waals surface area contributed by atoms with Crippen LogP contribution in [0.4, 0.5) is 5.95 Å². The Hall–Kier alpha value is -1.83. The molecule has 3 aromatic rings. The van der Waals surface area contributed by atoms with Crippen LogP contribution in [0, 0.1) is 3.57 Å². The number of halogens is 1. The van der Waals surface area contributed by atoms with E-state index in [4.69, 9.17) is 10.5 Å². The molecule has 96 valence electrons. The fourth-order valence-corrected chi connectivity index (χ4v) is 2.28. The normalized spacial score (nSPS) is 10.8. The van der Waals surface area contributed by atoms with Crippen molar-refractivity contribution in [1.29, 1.82) is 0 Å². The van der Waals surface area contributed by atoms with Gasteiger partial charge in [-0.2, -0.15) is 4.98 Å². The first kappa shape index (κ1) is 12.2. The topological polar surface area (TPSA) is 66.0 Å². The van der Waals surface area contributed by atoms with Gasteiger partial charge in [0.05, 0.1) is 12.8 Å². The fourth-order valence-electron chi connectivity index (χ4n) is 1.92. The van der Waals surface area contributed by atoms with Gasteiger partial charge in [-0.15, -0.1) is 0 Å². The molecule has 2 heterocycles. The highest BCUT2D eigenvalue weighted by Crippen LogP contribution is 2.24. The number of pyridine rings is 1. The molecule has 0 saturated carbocycles. The summed E-state index contributed by atoms with van der Waals surface area (Å²) >= 11 is 2.26. The molecule has 0 radical (unpaired) electrons. The third-order valence-corrected chi connectivity index (χ3v) is 3.52. The Morgan fingerprint density at radius 2 is 1.84 bits per heavy atom. The van der Waals surface area contributed by atoms with Gasteiger partial charge in [0.2, 0.25) is 11.8 Å². The van der Waals surface area contributed by atoms with Gasteiger partial charge < -0.3 is 10.5 Å². The second-order valence-electron chi connectivity index (χ2n) is 3.98. The van der Waals surface area contributed by atoms with Gasteiger partial charge in [0.1, 0.15) is 5.52 Å². The summed E-state index contributed by atoms with van der Waals surface area (Å²) in [6, 6.07) is 11.6. The zero-order chi connectivity index (χ0) is 13.4. The van der Waals surface area contributed by atoms with Gasteiger partial charge in [-0.1, -0.05) is 0 Å². The third kappa shape index (κ3) is 2.12. The predicted molar refractivity (Wildman–Crippen MR) is 82.5 cm³/mol. The predicted octanol–water partition coefficient (Wildman–Crippen LogP) is 2.62. The standard InChI is InChI=1S/C13H11IN4O/c1-19-11-7-6-10-12(17-11)18(13(15)16-10)9-4-2-8(14)3-5-9/h2-7H,1H3,(H2,15,16). The van der Waals surface area contributed by atoms with E-state index in [1.807, 2.05) is 34.9 Å². The van der Waals surface area contributed by atoms with E-state index < -0.39 is 0 Å². The summed E-state index contributed by atoms with van der Waals surface area (Å²) in [4.78, 5) is 8.72. The van der Waals surface area contributed by atoms with E-state index >= 15 is 0 Å². The molecule has 19 heavy (non-hydrogen) atoms. The zero-order valence-electron chi connectivity index (χ0n) is 10.2. The van der Waals surface area contributed by atoms with Gasteiger partial charge in [-0.05, 0) is 52.9 Å². The van der Waals surface area contributed by atoms with Gasteiger partial charge >= 0.3 is 0 Å². The van der Waals surface area contributed by atoms with E-state index in [9.17, 15) is 0 Å². The van der Waals surface area contributed by atoms with E-state index in [0.29, 0.717) is 17.5 Å². The number of anilines is 1. The Bertz CT molecular complexity index is 736. The molecule has 0 saturated heterocycles. The minimum Gasteiger partial charge on any atom is -0.481 e. The number of benzene rings is 1. The fraction of sp³-hybridized carbons (Fsp3) is 0.0769. The summed E-state index contributed by atoms with van der Waals surface area (Å²) in [7, 11) is 1.59. The van der Waals surface area contributed by atoms with Gasteiger partial charge in [0.15, 0.2) is 5.65 Å². The maximum atomic E-state index is 5.98. The van der Waals surface area contributed by atoms with Crippen LogP contribution in [-0.4, -0.2) is 21.6 Å². The molecule has 0 atom stereocenters. The number of fused-ring (bicyclic) bond motifs is 1. The summed E-state index contributed by atoms with van der Waals surface area (Å²) in [6.07, 6.45) is 0. The monoisotopic (exact) mass is 366 g/mol. The molecule has 6 heteroatoms. The second-order valence-corrected chi connectivity index (χ2v) is 5.22. The molecule has 1 aromatic carbocycles. The number of aromatic nitrogens is 3. The van der Waals surface area contributed by atoms with Crippen molar-refractivity contribution < 1.29 is 4.74 Å². The van der Waals surface area contributed by atoms with Crippen molar-refractivity contribution >= 4 is 39.7 Å². The molecule has 0 fully saturated rings. The van der Waals surface area contributed by atoms with Crippen molar-refractivity contribution in [3.8, 4) is 11.6 Å². The Morgan fingerprint density at radius 1 is 1.11 bits per heavy atom. The third-order valence-electron chi connectivity index (χ3n) is 2.80. The number of nitrogens with zero attached hydrogens (tertiary/aromatic N) is 3. The first-order chi connectivity index (χ1) is 9.19. The lowest BCUT2D eigenvalue weighted by Gasteiger charge is -2.06. The highest BCUT2D eigenvalue weighted by Gasteiger charge is 2.12. The van der Waals surface area contributed by atoms with Crippen LogP contribution in [0.2, 0.25) is 0 Å². The van der Waals surface area contributed by atoms with E-state index in [1.54, 1.807) is 13.2 Å². The maximum Gasteiger partial charge on any atom is 0.215 e. The Balaban J connectivity index is 2.26. The van der Waals surface area contributed by atoms with Crippen LogP contribution in [0.5, 0.6) is 5.88 Å². The van der Waals surface area contributed by atoms with Crippen LogP contribution in [0.1, 0.15) is 0 Å². The minimum absolute atomic E-state index is 0.414. The summed E-state index contributed by atoms with van der Waals surface area (Å²) in [5, 5.41) is 0. The molecule has 0 aliphatic heterocycles. The van der Waals surface area contributed by atoms with Crippen LogP contribution in [-0.2, 0) is 0 Å². The average molecular weight is 366 g/mol. The Morgan fingerprint density at radius 3 is 2.53 bits per heavy atom. The lowest BCUT2D eigenvalue weighted by atomic mass is 10.3. The molecular formula is C13H11IN4O. The lowest BCUT2D eigenvalue weighted by molar-refractivity contribution is 0.399. The van der Waals surface area contributed by atoms with Gasteiger partial charge in [-0.3, -0.25) is 4.57 Å². The van der Waals surface area contributed by atoms with Crippen molar-refractivity contribution in [3.05, 3.63) is 40.0 Å². The molecule has 0 spiro atoms. The number of ether oxygens (including phenoxy) is 1. The van der Waals surface area contributed by atoms with Crippen molar-refractivity contribution in [2.45, 2.75) is 0 Å². The molecule has 0 bridgehead atoms. The molecule has 0 amide bonds. The van der Waals surface area contributed by atoms with E-state index in [1.165, 1.54) is 0 Å². The number of methoxy groups -OCH3 is 1. The number of nitrogen functional groups attached to an aromatic ring is 1. The second kappa shape index (κ2) is 4.69. The highest BCUT2D eigenvalue weighted by atomic mass is 127. The van der Waals surface area contributed by atoms with Crippen LogP contribution >= 0.6 is 22.6 Å². The molecule has 0 aliphatic rings. The molecule has 2 aromatic heterocycles. The number of imidazole rings is 1. The number of rotatable bonds is 2.